The van der Waals surface area contributed by atoms with E-state index in [4.69, 9.17) is 4.99 Å². The molecule has 0 spiro atoms. The lowest BCUT2D eigenvalue weighted by Gasteiger charge is -2.06. The van der Waals surface area contributed by atoms with E-state index in [0.29, 0.717) is 0 Å². The van der Waals surface area contributed by atoms with Crippen LogP contribution in [0, 0.1) is 6.92 Å². The molecule has 0 bridgehead atoms. The van der Waals surface area contributed by atoms with Gasteiger partial charge in [-0.05, 0) is 25.1 Å². The number of pyridine rings is 1. The SMILES string of the molecule is Cc1ccc(C2=Nc3ccccc3C(c3ccncc3)=NN2)cc1. The molecule has 0 atom stereocenters. The molecular weight excluding hydrogens is 296 g/mol. The van der Waals surface area contributed by atoms with Gasteiger partial charge in [-0.3, -0.25) is 10.4 Å². The Balaban J connectivity index is 1.84. The van der Waals surface area contributed by atoms with Crippen molar-refractivity contribution in [3.05, 3.63) is 95.3 Å². The first-order valence-corrected chi connectivity index (χ1v) is 7.80. The maximum Gasteiger partial charge on any atom is 0.154 e. The molecule has 0 amide bonds. The second-order valence-corrected chi connectivity index (χ2v) is 5.65. The average Bonchev–Trinajstić information content (AvgIpc) is 2.83. The van der Waals surface area contributed by atoms with E-state index in [1.807, 2.05) is 36.4 Å². The number of nitrogens with zero attached hydrogens (tertiary/aromatic N) is 3. The molecule has 1 aromatic heterocycles. The van der Waals surface area contributed by atoms with Crippen LogP contribution in [0.2, 0.25) is 0 Å². The molecular formula is C20H16N4. The highest BCUT2D eigenvalue weighted by Crippen LogP contribution is 2.25. The summed E-state index contributed by atoms with van der Waals surface area (Å²) in [5, 5.41) is 4.62. The van der Waals surface area contributed by atoms with Crippen molar-refractivity contribution in [3.63, 3.8) is 0 Å². The van der Waals surface area contributed by atoms with Crippen molar-refractivity contribution < 1.29 is 0 Å². The van der Waals surface area contributed by atoms with Crippen molar-refractivity contribution >= 4 is 17.2 Å². The Kier molecular flexibility index (Phi) is 3.63. The maximum atomic E-state index is 4.79. The summed E-state index contributed by atoms with van der Waals surface area (Å²) in [7, 11) is 0. The fourth-order valence-electron chi connectivity index (χ4n) is 2.66. The number of aliphatic imine (C=N–C) groups is 1. The van der Waals surface area contributed by atoms with Crippen molar-refractivity contribution in [2.45, 2.75) is 6.92 Å². The van der Waals surface area contributed by atoms with E-state index in [0.717, 1.165) is 33.9 Å². The average molecular weight is 312 g/mol. The summed E-state index contributed by atoms with van der Waals surface area (Å²) in [6.07, 6.45) is 3.54. The van der Waals surface area contributed by atoms with Gasteiger partial charge in [-0.15, -0.1) is 0 Å². The number of aryl methyl sites for hydroxylation is 1. The van der Waals surface area contributed by atoms with Crippen LogP contribution in [0.5, 0.6) is 0 Å². The lowest BCUT2D eigenvalue weighted by atomic mass is 10.0. The second kappa shape index (κ2) is 6.08. The number of amidine groups is 1. The summed E-state index contributed by atoms with van der Waals surface area (Å²) in [5.41, 5.74) is 9.12. The van der Waals surface area contributed by atoms with Crippen LogP contribution in [-0.4, -0.2) is 16.5 Å². The quantitative estimate of drug-likeness (QED) is 0.782. The molecule has 0 saturated heterocycles. The van der Waals surface area contributed by atoms with E-state index in [9.17, 15) is 0 Å². The Morgan fingerprint density at radius 3 is 2.33 bits per heavy atom. The molecule has 3 aromatic rings. The largest absolute Gasteiger partial charge is 0.265 e. The van der Waals surface area contributed by atoms with Gasteiger partial charge in [-0.2, -0.15) is 5.10 Å². The molecule has 1 aliphatic heterocycles. The number of benzene rings is 2. The number of nitrogens with one attached hydrogen (secondary N) is 1. The van der Waals surface area contributed by atoms with Crippen LogP contribution >= 0.6 is 0 Å². The summed E-state index contributed by atoms with van der Waals surface area (Å²) in [5.74, 6) is 0.742. The molecule has 0 saturated carbocycles. The van der Waals surface area contributed by atoms with Gasteiger partial charge in [0.1, 0.15) is 5.71 Å². The van der Waals surface area contributed by atoms with Gasteiger partial charge in [0.05, 0.1) is 5.69 Å². The van der Waals surface area contributed by atoms with Crippen molar-refractivity contribution in [2.75, 3.05) is 0 Å². The highest BCUT2D eigenvalue weighted by molar-refractivity contribution is 6.17. The first kappa shape index (κ1) is 14.3. The highest BCUT2D eigenvalue weighted by Gasteiger charge is 2.16. The van der Waals surface area contributed by atoms with Gasteiger partial charge in [0.2, 0.25) is 0 Å². The minimum Gasteiger partial charge on any atom is -0.265 e. The van der Waals surface area contributed by atoms with Gasteiger partial charge in [0.25, 0.3) is 0 Å². The van der Waals surface area contributed by atoms with Crippen molar-refractivity contribution in [1.29, 1.82) is 0 Å². The Morgan fingerprint density at radius 2 is 1.54 bits per heavy atom. The number of aromatic nitrogens is 1. The van der Waals surface area contributed by atoms with E-state index in [1.165, 1.54) is 5.56 Å². The van der Waals surface area contributed by atoms with E-state index in [1.54, 1.807) is 12.4 Å². The molecule has 0 unspecified atom stereocenters. The zero-order valence-corrected chi connectivity index (χ0v) is 13.3. The molecule has 1 aliphatic rings. The molecule has 4 heteroatoms. The molecule has 4 nitrogen and oxygen atoms in total. The van der Waals surface area contributed by atoms with Crippen LogP contribution in [0.25, 0.3) is 0 Å². The summed E-state index contributed by atoms with van der Waals surface area (Å²) in [4.78, 5) is 8.88. The monoisotopic (exact) mass is 312 g/mol. The fourth-order valence-corrected chi connectivity index (χ4v) is 2.66. The highest BCUT2D eigenvalue weighted by atomic mass is 15.3. The van der Waals surface area contributed by atoms with Crippen molar-refractivity contribution in [2.24, 2.45) is 10.1 Å². The summed E-state index contributed by atoms with van der Waals surface area (Å²) in [6.45, 7) is 2.07. The van der Waals surface area contributed by atoms with Gasteiger partial charge < -0.3 is 0 Å². The summed E-state index contributed by atoms with van der Waals surface area (Å²) < 4.78 is 0. The van der Waals surface area contributed by atoms with Gasteiger partial charge in [-0.1, -0.05) is 48.0 Å². The Labute approximate surface area is 140 Å². The van der Waals surface area contributed by atoms with E-state index < -0.39 is 0 Å². The molecule has 2 heterocycles. The first-order chi connectivity index (χ1) is 11.8. The third-order valence-corrected chi connectivity index (χ3v) is 3.94. The maximum absolute atomic E-state index is 4.79. The van der Waals surface area contributed by atoms with Crippen molar-refractivity contribution in [3.8, 4) is 0 Å². The van der Waals surface area contributed by atoms with Gasteiger partial charge in [0.15, 0.2) is 5.84 Å². The van der Waals surface area contributed by atoms with Crippen LogP contribution in [0.4, 0.5) is 5.69 Å². The van der Waals surface area contributed by atoms with Crippen LogP contribution in [-0.2, 0) is 0 Å². The van der Waals surface area contributed by atoms with E-state index >= 15 is 0 Å². The number of hydrogen-bond donors (Lipinski definition) is 1. The predicted molar refractivity (Wildman–Crippen MR) is 96.8 cm³/mol. The number of hydrogen-bond acceptors (Lipinski definition) is 4. The van der Waals surface area contributed by atoms with Crippen LogP contribution < -0.4 is 5.43 Å². The minimum absolute atomic E-state index is 0.742. The lowest BCUT2D eigenvalue weighted by molar-refractivity contribution is 1.03. The van der Waals surface area contributed by atoms with E-state index in [-0.39, 0.29) is 0 Å². The van der Waals surface area contributed by atoms with Crippen LogP contribution in [0.3, 0.4) is 0 Å². The predicted octanol–water partition coefficient (Wildman–Crippen LogP) is 3.82. The molecule has 1 N–H and O–H groups in total. The number of rotatable bonds is 2. The number of hydrazone groups is 1. The van der Waals surface area contributed by atoms with Gasteiger partial charge in [-0.25, -0.2) is 4.99 Å². The Bertz CT molecular complexity index is 925. The van der Waals surface area contributed by atoms with Crippen LogP contribution in [0.15, 0.2) is 83.2 Å². The normalized spacial score (nSPS) is 13.2. The van der Waals surface area contributed by atoms with Crippen molar-refractivity contribution in [1.82, 2.24) is 10.4 Å². The Hall–Kier alpha value is -3.27. The van der Waals surface area contributed by atoms with Gasteiger partial charge in [0, 0.05) is 29.1 Å². The molecule has 116 valence electrons. The van der Waals surface area contributed by atoms with E-state index in [2.05, 4.69) is 46.7 Å². The number of para-hydroxylation sites is 1. The summed E-state index contributed by atoms with van der Waals surface area (Å²) in [6, 6.07) is 20.2. The molecule has 0 aliphatic carbocycles. The Morgan fingerprint density at radius 1 is 0.792 bits per heavy atom. The molecule has 0 radical (unpaired) electrons. The topological polar surface area (TPSA) is 49.6 Å². The molecule has 2 aromatic carbocycles. The molecule has 24 heavy (non-hydrogen) atoms. The zero-order chi connectivity index (χ0) is 16.4. The fraction of sp³-hybridized carbons (Fsp3) is 0.0500. The zero-order valence-electron chi connectivity index (χ0n) is 13.3. The standard InChI is InChI=1S/C20H16N4/c1-14-6-8-16(9-7-14)20-22-18-5-3-2-4-17(18)19(23-24-20)15-10-12-21-13-11-15/h2-13H,1H3,(H,22,24). The second-order valence-electron chi connectivity index (χ2n) is 5.65. The van der Waals surface area contributed by atoms with Crippen LogP contribution in [0.1, 0.15) is 22.3 Å². The molecule has 0 fully saturated rings. The lowest BCUT2D eigenvalue weighted by Crippen LogP contribution is -2.19. The summed E-state index contributed by atoms with van der Waals surface area (Å²) >= 11 is 0. The number of fused-ring (bicyclic) bond motifs is 1. The van der Waals surface area contributed by atoms with Gasteiger partial charge >= 0.3 is 0 Å². The minimum atomic E-state index is 0.742. The smallest absolute Gasteiger partial charge is 0.154 e. The molecule has 4 rings (SSSR count). The first-order valence-electron chi connectivity index (χ1n) is 7.80. The third-order valence-electron chi connectivity index (χ3n) is 3.94. The third kappa shape index (κ3) is 2.70.